The fourth-order valence-corrected chi connectivity index (χ4v) is 4.12. The van der Waals surface area contributed by atoms with Crippen molar-refractivity contribution < 1.29 is 0 Å². The van der Waals surface area contributed by atoms with Crippen molar-refractivity contribution in [3.05, 3.63) is 17.5 Å². The summed E-state index contributed by atoms with van der Waals surface area (Å²) in [6.07, 6.45) is 9.85. The third-order valence-corrected chi connectivity index (χ3v) is 5.34. The first-order valence-electron chi connectivity index (χ1n) is 7.71. The third kappa shape index (κ3) is 3.79. The molecule has 0 aromatic carbocycles. The minimum Gasteiger partial charge on any atom is -0.309 e. The summed E-state index contributed by atoms with van der Waals surface area (Å²) in [6, 6.07) is 0.659. The third-order valence-electron chi connectivity index (χ3n) is 4.17. The molecule has 1 aromatic rings. The monoisotopic (exact) mass is 295 g/mol. The Hall–Kier alpha value is -0.480. The van der Waals surface area contributed by atoms with Gasteiger partial charge in [-0.25, -0.2) is 0 Å². The number of aryl methyl sites for hydroxylation is 1. The van der Waals surface area contributed by atoms with Gasteiger partial charge < -0.3 is 5.32 Å². The van der Waals surface area contributed by atoms with Crippen molar-refractivity contribution in [1.29, 1.82) is 0 Å². The molecule has 0 spiro atoms. The van der Waals surface area contributed by atoms with Crippen LogP contribution in [0.15, 0.2) is 6.20 Å². The van der Waals surface area contributed by atoms with E-state index in [1.807, 2.05) is 23.5 Å². The lowest BCUT2D eigenvalue weighted by Gasteiger charge is -2.31. The zero-order chi connectivity index (χ0) is 14.8. The molecule has 3 nitrogen and oxygen atoms in total. The molecular formula is C16H29N3S. The maximum Gasteiger partial charge on any atom is 0.0722 e. The van der Waals surface area contributed by atoms with Gasteiger partial charge in [-0.3, -0.25) is 4.68 Å². The highest BCUT2D eigenvalue weighted by molar-refractivity contribution is 7.99. The summed E-state index contributed by atoms with van der Waals surface area (Å²) in [4.78, 5) is 0. The molecule has 2 unspecified atom stereocenters. The number of nitrogens with one attached hydrogen (secondary N) is 1. The number of hydrogen-bond acceptors (Lipinski definition) is 3. The van der Waals surface area contributed by atoms with E-state index in [4.69, 9.17) is 0 Å². The van der Waals surface area contributed by atoms with Crippen LogP contribution in [0, 0.1) is 0 Å². The molecule has 0 radical (unpaired) electrons. The highest BCUT2D eigenvalue weighted by Gasteiger charge is 2.26. The minimum atomic E-state index is 0.115. The molecular weight excluding hydrogens is 266 g/mol. The van der Waals surface area contributed by atoms with Crippen molar-refractivity contribution in [2.24, 2.45) is 7.05 Å². The van der Waals surface area contributed by atoms with Crippen LogP contribution in [0.1, 0.15) is 57.7 Å². The van der Waals surface area contributed by atoms with Crippen LogP contribution < -0.4 is 5.32 Å². The summed E-state index contributed by atoms with van der Waals surface area (Å²) in [5.74, 6) is 0. The lowest BCUT2D eigenvalue weighted by atomic mass is 9.89. The predicted octanol–water partition coefficient (Wildman–Crippen LogP) is 3.48. The molecule has 1 saturated carbocycles. The molecule has 0 bridgehead atoms. The Balaban J connectivity index is 2.03. The van der Waals surface area contributed by atoms with Gasteiger partial charge in [0.25, 0.3) is 0 Å². The fourth-order valence-electron chi connectivity index (χ4n) is 3.15. The molecule has 1 heterocycles. The van der Waals surface area contributed by atoms with Gasteiger partial charge in [-0.05, 0) is 19.1 Å². The molecule has 1 aromatic heterocycles. The van der Waals surface area contributed by atoms with Gasteiger partial charge in [-0.2, -0.15) is 16.9 Å². The quantitative estimate of drug-likeness (QED) is 0.922. The lowest BCUT2D eigenvalue weighted by molar-refractivity contribution is 0.381. The van der Waals surface area contributed by atoms with Gasteiger partial charge in [0.2, 0.25) is 0 Å². The zero-order valence-corrected chi connectivity index (χ0v) is 14.4. The van der Waals surface area contributed by atoms with Crippen molar-refractivity contribution in [2.45, 2.75) is 69.7 Å². The van der Waals surface area contributed by atoms with E-state index in [9.17, 15) is 0 Å². The Morgan fingerprint density at radius 3 is 2.70 bits per heavy atom. The SMILES string of the molecule is CSC1CCCCC1NCc1cn(C)nc1C(C)(C)C. The second kappa shape index (κ2) is 6.52. The summed E-state index contributed by atoms with van der Waals surface area (Å²) >= 11 is 2.02. The van der Waals surface area contributed by atoms with Gasteiger partial charge in [-0.1, -0.05) is 33.6 Å². The minimum absolute atomic E-state index is 0.115. The Labute approximate surface area is 127 Å². The molecule has 1 N–H and O–H groups in total. The molecule has 0 aliphatic heterocycles. The first-order valence-corrected chi connectivity index (χ1v) is 9.00. The maximum absolute atomic E-state index is 4.66. The molecule has 1 aliphatic rings. The number of hydrogen-bond donors (Lipinski definition) is 1. The number of thioether (sulfide) groups is 1. The van der Waals surface area contributed by atoms with Crippen LogP contribution in [0.3, 0.4) is 0 Å². The molecule has 0 saturated heterocycles. The van der Waals surface area contributed by atoms with Gasteiger partial charge in [0.05, 0.1) is 5.69 Å². The topological polar surface area (TPSA) is 29.9 Å². The van der Waals surface area contributed by atoms with E-state index >= 15 is 0 Å². The van der Waals surface area contributed by atoms with Crippen LogP contribution in [0.4, 0.5) is 0 Å². The molecule has 1 fully saturated rings. The van der Waals surface area contributed by atoms with Crippen LogP contribution >= 0.6 is 11.8 Å². The van der Waals surface area contributed by atoms with Gasteiger partial charge >= 0.3 is 0 Å². The predicted molar refractivity (Wildman–Crippen MR) is 88.3 cm³/mol. The Bertz CT molecular complexity index is 433. The van der Waals surface area contributed by atoms with Crippen LogP contribution in [-0.4, -0.2) is 27.3 Å². The molecule has 20 heavy (non-hydrogen) atoms. The molecule has 4 heteroatoms. The second-order valence-electron chi connectivity index (χ2n) is 6.97. The fraction of sp³-hybridized carbons (Fsp3) is 0.812. The van der Waals surface area contributed by atoms with Crippen molar-refractivity contribution in [3.8, 4) is 0 Å². The average molecular weight is 295 g/mol. The normalized spacial score (nSPS) is 24.1. The Morgan fingerprint density at radius 1 is 1.35 bits per heavy atom. The summed E-state index contributed by atoms with van der Waals surface area (Å²) in [6.45, 7) is 7.67. The van der Waals surface area contributed by atoms with Crippen molar-refractivity contribution in [1.82, 2.24) is 15.1 Å². The maximum atomic E-state index is 4.66. The van der Waals surface area contributed by atoms with Crippen LogP contribution in [0.25, 0.3) is 0 Å². The second-order valence-corrected chi connectivity index (χ2v) is 8.05. The van der Waals surface area contributed by atoms with E-state index in [1.54, 1.807) is 0 Å². The van der Waals surface area contributed by atoms with Crippen molar-refractivity contribution >= 4 is 11.8 Å². The van der Waals surface area contributed by atoms with Gasteiger partial charge in [0, 0.05) is 42.1 Å². The summed E-state index contributed by atoms with van der Waals surface area (Å²) < 4.78 is 1.95. The standard InChI is InChI=1S/C16H29N3S/c1-16(2,3)15-12(11-19(4)18-15)10-17-13-8-6-7-9-14(13)20-5/h11,13-14,17H,6-10H2,1-5H3. The Kier molecular flexibility index (Phi) is 5.19. The Morgan fingerprint density at radius 2 is 2.05 bits per heavy atom. The molecule has 114 valence electrons. The largest absolute Gasteiger partial charge is 0.309 e. The average Bonchev–Trinajstić information content (AvgIpc) is 2.78. The first-order chi connectivity index (χ1) is 9.41. The number of aromatic nitrogens is 2. The molecule has 0 amide bonds. The zero-order valence-electron chi connectivity index (χ0n) is 13.6. The van der Waals surface area contributed by atoms with Gasteiger partial charge in [0.1, 0.15) is 0 Å². The smallest absolute Gasteiger partial charge is 0.0722 e. The first kappa shape index (κ1) is 15.9. The van der Waals surface area contributed by atoms with Crippen LogP contribution in [0.2, 0.25) is 0 Å². The summed E-state index contributed by atoms with van der Waals surface area (Å²) in [5, 5.41) is 9.22. The van der Waals surface area contributed by atoms with Crippen molar-refractivity contribution in [3.63, 3.8) is 0 Å². The molecule has 2 rings (SSSR count). The van der Waals surface area contributed by atoms with Gasteiger partial charge in [0.15, 0.2) is 0 Å². The van der Waals surface area contributed by atoms with Gasteiger partial charge in [-0.15, -0.1) is 0 Å². The highest BCUT2D eigenvalue weighted by Crippen LogP contribution is 2.28. The summed E-state index contributed by atoms with van der Waals surface area (Å²) in [5.41, 5.74) is 2.69. The number of rotatable bonds is 4. The number of nitrogens with zero attached hydrogens (tertiary/aromatic N) is 2. The highest BCUT2D eigenvalue weighted by atomic mass is 32.2. The van der Waals surface area contributed by atoms with Crippen LogP contribution in [-0.2, 0) is 19.0 Å². The summed E-state index contributed by atoms with van der Waals surface area (Å²) in [7, 11) is 2.02. The van der Waals surface area contributed by atoms with E-state index in [2.05, 4.69) is 43.6 Å². The lowest BCUT2D eigenvalue weighted by Crippen LogP contribution is -2.40. The van der Waals surface area contributed by atoms with Crippen LogP contribution in [0.5, 0.6) is 0 Å². The molecule has 1 aliphatic carbocycles. The van der Waals surface area contributed by atoms with E-state index in [0.29, 0.717) is 6.04 Å². The molecule has 2 atom stereocenters. The van der Waals surface area contributed by atoms with E-state index < -0.39 is 0 Å². The van der Waals surface area contributed by atoms with E-state index in [0.717, 1.165) is 11.8 Å². The van der Waals surface area contributed by atoms with E-state index in [1.165, 1.54) is 36.9 Å². The van der Waals surface area contributed by atoms with Crippen molar-refractivity contribution in [2.75, 3.05) is 6.26 Å². The van der Waals surface area contributed by atoms with E-state index in [-0.39, 0.29) is 5.41 Å².